The molecule has 0 unspecified atom stereocenters. The third kappa shape index (κ3) is 4.06. The van der Waals surface area contributed by atoms with Gasteiger partial charge in [-0.25, -0.2) is 0 Å². The Labute approximate surface area is 159 Å². The van der Waals surface area contributed by atoms with Crippen LogP contribution in [0.3, 0.4) is 0 Å². The molecule has 0 bridgehead atoms. The van der Waals surface area contributed by atoms with Crippen molar-refractivity contribution >= 4 is 5.91 Å². The number of amides is 1. The number of methoxy groups -OCH3 is 1. The highest BCUT2D eigenvalue weighted by atomic mass is 16.5. The van der Waals surface area contributed by atoms with E-state index in [1.54, 1.807) is 18.0 Å². The highest BCUT2D eigenvalue weighted by Crippen LogP contribution is 2.21. The number of rotatable bonds is 7. The van der Waals surface area contributed by atoms with Crippen molar-refractivity contribution in [2.45, 2.75) is 59.4 Å². The molecule has 3 rings (SSSR count). The lowest BCUT2D eigenvalue weighted by atomic mass is 10.1. The van der Waals surface area contributed by atoms with Crippen LogP contribution in [0, 0.1) is 13.8 Å². The van der Waals surface area contributed by atoms with Crippen LogP contribution >= 0.6 is 0 Å². The molecular formula is C19H29N5O3. The van der Waals surface area contributed by atoms with Crippen LogP contribution in [-0.4, -0.2) is 58.1 Å². The number of likely N-dealkylation sites (tertiary alicyclic amines) is 1. The lowest BCUT2D eigenvalue weighted by Gasteiger charge is -2.18. The summed E-state index contributed by atoms with van der Waals surface area (Å²) in [7, 11) is 1.69. The average Bonchev–Trinajstić information content (AvgIpc) is 3.33. The number of ether oxygens (including phenoxy) is 1. The average molecular weight is 375 g/mol. The molecule has 2 aromatic heterocycles. The normalized spacial score (nSPS) is 20.3. The minimum atomic E-state index is -0.100. The van der Waals surface area contributed by atoms with Gasteiger partial charge in [0.25, 0.3) is 5.91 Å². The fourth-order valence-corrected chi connectivity index (χ4v) is 3.65. The molecule has 2 aromatic rings. The topological polar surface area (TPSA) is 85.4 Å². The van der Waals surface area contributed by atoms with Crippen molar-refractivity contribution in [2.75, 3.05) is 20.2 Å². The maximum Gasteiger partial charge on any atom is 0.255 e. The van der Waals surface area contributed by atoms with Gasteiger partial charge >= 0.3 is 0 Å². The Kier molecular flexibility index (Phi) is 5.96. The second-order valence-electron chi connectivity index (χ2n) is 7.05. The van der Waals surface area contributed by atoms with Crippen LogP contribution in [0.5, 0.6) is 0 Å². The Morgan fingerprint density at radius 2 is 2.15 bits per heavy atom. The third-order valence-corrected chi connectivity index (χ3v) is 5.26. The number of hydrogen-bond acceptors (Lipinski definition) is 6. The van der Waals surface area contributed by atoms with E-state index in [0.29, 0.717) is 5.56 Å². The van der Waals surface area contributed by atoms with E-state index in [4.69, 9.17) is 9.26 Å². The molecule has 1 aliphatic rings. The van der Waals surface area contributed by atoms with E-state index < -0.39 is 0 Å². The van der Waals surface area contributed by atoms with Crippen LogP contribution in [0.1, 0.15) is 46.9 Å². The Bertz CT molecular complexity index is 797. The van der Waals surface area contributed by atoms with Crippen molar-refractivity contribution in [2.24, 2.45) is 0 Å². The van der Waals surface area contributed by atoms with Crippen molar-refractivity contribution in [3.8, 4) is 0 Å². The first-order valence-corrected chi connectivity index (χ1v) is 9.50. The predicted octanol–water partition coefficient (Wildman–Crippen LogP) is 1.70. The quantitative estimate of drug-likeness (QED) is 0.793. The molecule has 27 heavy (non-hydrogen) atoms. The lowest BCUT2D eigenvalue weighted by molar-refractivity contribution is 0.0758. The SMILES string of the molecule is CCc1noc(C)c1CN1C[C@@H](NC(=O)c2cn(CC)nc2C)[C@H](OC)C1. The van der Waals surface area contributed by atoms with Gasteiger partial charge in [-0.3, -0.25) is 14.4 Å². The number of carbonyl (C=O) groups excluding carboxylic acids is 1. The van der Waals surface area contributed by atoms with Crippen LogP contribution in [0.4, 0.5) is 0 Å². The molecule has 1 N–H and O–H groups in total. The maximum absolute atomic E-state index is 12.7. The van der Waals surface area contributed by atoms with Gasteiger partial charge in [0.15, 0.2) is 0 Å². The van der Waals surface area contributed by atoms with Crippen molar-refractivity contribution in [3.63, 3.8) is 0 Å². The number of carbonyl (C=O) groups is 1. The number of nitrogens with one attached hydrogen (secondary N) is 1. The summed E-state index contributed by atoms with van der Waals surface area (Å²) in [5, 5.41) is 11.6. The van der Waals surface area contributed by atoms with E-state index in [1.165, 1.54) is 0 Å². The summed E-state index contributed by atoms with van der Waals surface area (Å²) in [5.74, 6) is 0.757. The van der Waals surface area contributed by atoms with Gasteiger partial charge in [0, 0.05) is 45.0 Å². The summed E-state index contributed by atoms with van der Waals surface area (Å²) in [6.45, 7) is 10.8. The molecule has 8 nitrogen and oxygen atoms in total. The summed E-state index contributed by atoms with van der Waals surface area (Å²) < 4.78 is 12.8. The monoisotopic (exact) mass is 375 g/mol. The fraction of sp³-hybridized carbons (Fsp3) is 0.632. The Morgan fingerprint density at radius 1 is 1.37 bits per heavy atom. The van der Waals surface area contributed by atoms with E-state index in [-0.39, 0.29) is 18.1 Å². The maximum atomic E-state index is 12.7. The van der Waals surface area contributed by atoms with Gasteiger partial charge < -0.3 is 14.6 Å². The van der Waals surface area contributed by atoms with Gasteiger partial charge in [-0.15, -0.1) is 0 Å². The number of hydrogen-bond donors (Lipinski definition) is 1. The van der Waals surface area contributed by atoms with E-state index in [9.17, 15) is 4.79 Å². The second kappa shape index (κ2) is 8.22. The van der Waals surface area contributed by atoms with Crippen molar-refractivity contribution in [1.29, 1.82) is 0 Å². The molecule has 8 heteroatoms. The Balaban J connectivity index is 1.68. The first kappa shape index (κ1) is 19.6. The summed E-state index contributed by atoms with van der Waals surface area (Å²) in [6.07, 6.45) is 2.59. The van der Waals surface area contributed by atoms with Gasteiger partial charge in [-0.05, 0) is 27.2 Å². The number of nitrogens with zero attached hydrogens (tertiary/aromatic N) is 4. The van der Waals surface area contributed by atoms with Crippen LogP contribution in [0.15, 0.2) is 10.7 Å². The minimum absolute atomic E-state index is 0.0549. The van der Waals surface area contributed by atoms with Gasteiger partial charge in [-0.2, -0.15) is 5.10 Å². The molecule has 1 amide bonds. The zero-order chi connectivity index (χ0) is 19.6. The molecule has 3 heterocycles. The van der Waals surface area contributed by atoms with Gasteiger partial charge in [0.2, 0.25) is 0 Å². The van der Waals surface area contributed by atoms with Crippen LogP contribution in [0.25, 0.3) is 0 Å². The Morgan fingerprint density at radius 3 is 2.78 bits per heavy atom. The van der Waals surface area contributed by atoms with Crippen LogP contribution in [-0.2, 0) is 24.2 Å². The first-order valence-electron chi connectivity index (χ1n) is 9.50. The summed E-state index contributed by atoms with van der Waals surface area (Å²) >= 11 is 0. The standard InChI is InChI=1S/C19H29N5O3/c1-6-16-15(13(4)27-22-16)8-23-10-17(18(11-23)26-5)20-19(25)14-9-24(7-2)21-12(14)3/h9,17-18H,6-8,10-11H2,1-5H3,(H,20,25)/t17-,18-/m1/s1. The van der Waals surface area contributed by atoms with Gasteiger partial charge in [0.1, 0.15) is 5.76 Å². The molecule has 148 valence electrons. The fourth-order valence-electron chi connectivity index (χ4n) is 3.65. The molecule has 1 fully saturated rings. The van der Waals surface area contributed by atoms with Gasteiger partial charge in [-0.1, -0.05) is 12.1 Å². The van der Waals surface area contributed by atoms with Crippen molar-refractivity contribution in [3.05, 3.63) is 34.5 Å². The molecule has 0 saturated carbocycles. The zero-order valence-electron chi connectivity index (χ0n) is 16.8. The molecule has 1 aliphatic heterocycles. The molecule has 0 radical (unpaired) electrons. The van der Waals surface area contributed by atoms with E-state index in [1.807, 2.05) is 20.8 Å². The molecule has 0 aromatic carbocycles. The number of aromatic nitrogens is 3. The molecular weight excluding hydrogens is 346 g/mol. The van der Waals surface area contributed by atoms with Crippen molar-refractivity contribution < 1.29 is 14.1 Å². The van der Waals surface area contributed by atoms with E-state index >= 15 is 0 Å². The predicted molar refractivity (Wildman–Crippen MR) is 101 cm³/mol. The minimum Gasteiger partial charge on any atom is -0.378 e. The first-order chi connectivity index (χ1) is 13.0. The van der Waals surface area contributed by atoms with Gasteiger partial charge in [0.05, 0.1) is 29.1 Å². The highest BCUT2D eigenvalue weighted by Gasteiger charge is 2.35. The van der Waals surface area contributed by atoms with Crippen molar-refractivity contribution in [1.82, 2.24) is 25.2 Å². The summed E-state index contributed by atoms with van der Waals surface area (Å²) in [4.78, 5) is 15.0. The molecule has 1 saturated heterocycles. The molecule has 2 atom stereocenters. The second-order valence-corrected chi connectivity index (χ2v) is 7.05. The smallest absolute Gasteiger partial charge is 0.255 e. The summed E-state index contributed by atoms with van der Waals surface area (Å²) in [5.41, 5.74) is 3.50. The Hall–Kier alpha value is -2.19. The highest BCUT2D eigenvalue weighted by molar-refractivity contribution is 5.95. The summed E-state index contributed by atoms with van der Waals surface area (Å²) in [6, 6.07) is -0.0721. The molecule has 0 aliphatic carbocycles. The largest absolute Gasteiger partial charge is 0.378 e. The molecule has 0 spiro atoms. The van der Waals surface area contributed by atoms with E-state index in [0.717, 1.165) is 55.3 Å². The lowest BCUT2D eigenvalue weighted by Crippen LogP contribution is -2.43. The van der Waals surface area contributed by atoms with E-state index in [2.05, 4.69) is 27.4 Å². The number of aryl methyl sites for hydroxylation is 4. The van der Waals surface area contributed by atoms with Crippen LogP contribution in [0.2, 0.25) is 0 Å². The van der Waals surface area contributed by atoms with Crippen LogP contribution < -0.4 is 5.32 Å². The zero-order valence-corrected chi connectivity index (χ0v) is 16.8. The third-order valence-electron chi connectivity index (χ3n) is 5.26.